The van der Waals surface area contributed by atoms with Crippen molar-refractivity contribution in [3.8, 4) is 0 Å². The number of hydrogen-bond donors (Lipinski definition) is 1. The zero-order valence-corrected chi connectivity index (χ0v) is 14.3. The average Bonchev–Trinajstić information content (AvgIpc) is 2.67. The van der Waals surface area contributed by atoms with Crippen molar-refractivity contribution in [2.24, 2.45) is 11.0 Å². The first kappa shape index (κ1) is 17.4. The van der Waals surface area contributed by atoms with Crippen LogP contribution >= 0.6 is 15.9 Å². The van der Waals surface area contributed by atoms with Crippen molar-refractivity contribution in [1.82, 2.24) is 5.01 Å². The Bertz CT molecular complexity index is 675. The number of hydrazone groups is 1. The first-order valence-corrected chi connectivity index (χ1v) is 8.51. The number of hydrogen-bond acceptors (Lipinski definition) is 3. The largest absolute Gasteiger partial charge is 0.431 e. The fourth-order valence-electron chi connectivity index (χ4n) is 3.38. The molecule has 1 fully saturated rings. The average molecular weight is 405 g/mol. The van der Waals surface area contributed by atoms with Crippen LogP contribution in [0, 0.1) is 5.92 Å². The minimum Gasteiger partial charge on any atom is -0.368 e. The lowest BCUT2D eigenvalue weighted by Crippen LogP contribution is -2.51. The second kappa shape index (κ2) is 6.15. The second-order valence-corrected chi connectivity index (χ2v) is 7.05. The number of rotatable bonds is 1. The molecule has 130 valence electrons. The van der Waals surface area contributed by atoms with E-state index in [1.807, 2.05) is 0 Å². The van der Waals surface area contributed by atoms with Gasteiger partial charge in [0.25, 0.3) is 5.91 Å². The van der Waals surface area contributed by atoms with E-state index in [9.17, 15) is 23.1 Å². The zero-order valence-electron chi connectivity index (χ0n) is 12.7. The highest BCUT2D eigenvalue weighted by Crippen LogP contribution is 2.45. The van der Waals surface area contributed by atoms with Crippen LogP contribution in [0.1, 0.15) is 42.5 Å². The highest BCUT2D eigenvalue weighted by atomic mass is 79.9. The Morgan fingerprint density at radius 1 is 1.25 bits per heavy atom. The number of fused-ring (bicyclic) bond motifs is 1. The van der Waals surface area contributed by atoms with Crippen molar-refractivity contribution in [2.45, 2.75) is 44.0 Å². The topological polar surface area (TPSA) is 52.9 Å². The van der Waals surface area contributed by atoms with Gasteiger partial charge < -0.3 is 5.11 Å². The Morgan fingerprint density at radius 2 is 1.92 bits per heavy atom. The van der Waals surface area contributed by atoms with E-state index in [1.165, 1.54) is 12.1 Å². The second-order valence-electron chi connectivity index (χ2n) is 6.14. The first-order valence-electron chi connectivity index (χ1n) is 7.71. The van der Waals surface area contributed by atoms with Gasteiger partial charge in [0.2, 0.25) is 0 Å². The predicted octanol–water partition coefficient (Wildman–Crippen LogP) is 4.09. The van der Waals surface area contributed by atoms with Crippen molar-refractivity contribution in [1.29, 1.82) is 0 Å². The van der Waals surface area contributed by atoms with E-state index in [1.54, 1.807) is 12.1 Å². The van der Waals surface area contributed by atoms with Crippen molar-refractivity contribution in [2.75, 3.05) is 0 Å². The van der Waals surface area contributed by atoms with Gasteiger partial charge in [-0.15, -0.1) is 0 Å². The van der Waals surface area contributed by atoms with Gasteiger partial charge in [-0.05, 0) is 43.5 Å². The molecule has 1 heterocycles. The van der Waals surface area contributed by atoms with Crippen molar-refractivity contribution < 1.29 is 23.1 Å². The van der Waals surface area contributed by atoms with Gasteiger partial charge in [0.1, 0.15) is 5.71 Å². The smallest absolute Gasteiger partial charge is 0.368 e. The van der Waals surface area contributed by atoms with Gasteiger partial charge >= 0.3 is 6.18 Å². The molecule has 0 aromatic heterocycles. The number of alkyl halides is 3. The summed E-state index contributed by atoms with van der Waals surface area (Å²) in [5.74, 6) is -1.92. The molecule has 2 aliphatic rings. The highest BCUT2D eigenvalue weighted by molar-refractivity contribution is 9.10. The molecule has 1 aromatic carbocycles. The Morgan fingerprint density at radius 3 is 2.54 bits per heavy atom. The third kappa shape index (κ3) is 2.97. The molecule has 0 bridgehead atoms. The van der Waals surface area contributed by atoms with E-state index >= 15 is 0 Å². The Hall–Kier alpha value is -1.41. The molecule has 1 saturated carbocycles. The molecule has 0 radical (unpaired) electrons. The van der Waals surface area contributed by atoms with Crippen molar-refractivity contribution in [3.63, 3.8) is 0 Å². The van der Waals surface area contributed by atoms with Crippen LogP contribution in [0.2, 0.25) is 0 Å². The summed E-state index contributed by atoms with van der Waals surface area (Å²) in [5.41, 5.74) is -2.79. The van der Waals surface area contributed by atoms with E-state index in [2.05, 4.69) is 21.0 Å². The number of carbonyl (C=O) groups excluding carboxylic acids is 1. The van der Waals surface area contributed by atoms with Gasteiger partial charge in [0, 0.05) is 10.0 Å². The number of benzene rings is 1. The highest BCUT2D eigenvalue weighted by Gasteiger charge is 2.59. The van der Waals surface area contributed by atoms with Crippen LogP contribution in [0.15, 0.2) is 33.8 Å². The lowest BCUT2D eigenvalue weighted by atomic mass is 9.87. The van der Waals surface area contributed by atoms with Crippen LogP contribution in [-0.4, -0.2) is 33.6 Å². The lowest BCUT2D eigenvalue weighted by Gasteiger charge is -2.35. The predicted molar refractivity (Wildman–Crippen MR) is 85.3 cm³/mol. The first-order chi connectivity index (χ1) is 11.2. The summed E-state index contributed by atoms with van der Waals surface area (Å²) in [6.45, 7) is 0. The minimum absolute atomic E-state index is 0.0863. The number of amides is 1. The molecule has 0 spiro atoms. The lowest BCUT2D eigenvalue weighted by molar-refractivity contribution is -0.108. The fraction of sp³-hybridized carbons (Fsp3) is 0.500. The molecule has 8 heteroatoms. The molecule has 1 N–H and O–H groups in total. The molecule has 0 unspecified atom stereocenters. The van der Waals surface area contributed by atoms with Crippen molar-refractivity contribution in [3.05, 3.63) is 34.3 Å². The summed E-state index contributed by atoms with van der Waals surface area (Å²) in [5, 5.41) is 15.1. The molecular weight excluding hydrogens is 389 g/mol. The molecule has 2 atom stereocenters. The molecular formula is C16H16BrF3N2O2. The van der Waals surface area contributed by atoms with Crippen molar-refractivity contribution >= 4 is 27.5 Å². The van der Waals surface area contributed by atoms with Crippen LogP contribution in [0.3, 0.4) is 0 Å². The van der Waals surface area contributed by atoms with Gasteiger partial charge in [-0.1, -0.05) is 28.8 Å². The normalized spacial score (nSPS) is 27.5. The maximum absolute atomic E-state index is 13.3. The summed E-state index contributed by atoms with van der Waals surface area (Å²) >= 11 is 3.24. The molecule has 1 amide bonds. The number of carbonyl (C=O) groups is 1. The summed E-state index contributed by atoms with van der Waals surface area (Å²) in [6, 6.07) is 6.21. The SMILES string of the molecule is O=C(c1ccc(Br)cc1)N1N=C(C(F)(F)F)[C@H]2CCCCC[C@]21O. The monoisotopic (exact) mass is 404 g/mol. The molecule has 4 nitrogen and oxygen atoms in total. The maximum atomic E-state index is 13.3. The van der Waals surface area contributed by atoms with E-state index in [0.717, 1.165) is 10.9 Å². The summed E-state index contributed by atoms with van der Waals surface area (Å²) < 4.78 is 40.8. The minimum atomic E-state index is -4.67. The van der Waals surface area contributed by atoms with E-state index < -0.39 is 29.4 Å². The number of halogens is 4. The maximum Gasteiger partial charge on any atom is 0.431 e. The van der Waals surface area contributed by atoms with Crippen LogP contribution in [-0.2, 0) is 0 Å². The Labute approximate surface area is 145 Å². The fourth-order valence-corrected chi connectivity index (χ4v) is 3.64. The van der Waals surface area contributed by atoms with Crippen LogP contribution in [0.4, 0.5) is 13.2 Å². The van der Waals surface area contributed by atoms with Gasteiger partial charge in [0.05, 0.1) is 5.92 Å². The zero-order chi connectivity index (χ0) is 17.5. The van der Waals surface area contributed by atoms with Crippen LogP contribution < -0.4 is 0 Å². The molecule has 3 rings (SSSR count). The van der Waals surface area contributed by atoms with Gasteiger partial charge in [-0.2, -0.15) is 23.3 Å². The van der Waals surface area contributed by atoms with Crippen LogP contribution in [0.5, 0.6) is 0 Å². The van der Waals surface area contributed by atoms with E-state index in [0.29, 0.717) is 17.9 Å². The van der Waals surface area contributed by atoms with Gasteiger partial charge in [-0.25, -0.2) is 0 Å². The molecule has 1 aliphatic carbocycles. The van der Waals surface area contributed by atoms with Gasteiger partial charge in [-0.3, -0.25) is 4.79 Å². The third-order valence-corrected chi connectivity index (χ3v) is 5.10. The summed E-state index contributed by atoms with van der Waals surface area (Å²) in [6.07, 6.45) is -2.57. The van der Waals surface area contributed by atoms with Gasteiger partial charge in [0.15, 0.2) is 5.72 Å². The number of nitrogens with zero attached hydrogens (tertiary/aromatic N) is 2. The standard InChI is InChI=1S/C16H16BrF3N2O2/c17-11-7-5-10(6-8-11)14(23)22-15(24)9-3-1-2-4-12(15)13(21-22)16(18,19)20/h5-8,12,24H,1-4,9H2/t12-,15+/m1/s1. The van der Waals surface area contributed by atoms with E-state index in [-0.39, 0.29) is 18.4 Å². The summed E-state index contributed by atoms with van der Waals surface area (Å²) in [7, 11) is 0. The van der Waals surface area contributed by atoms with E-state index in [4.69, 9.17) is 0 Å². The molecule has 0 saturated heterocycles. The molecule has 1 aromatic rings. The quantitative estimate of drug-likeness (QED) is 0.765. The Kier molecular flexibility index (Phi) is 4.46. The molecule has 24 heavy (non-hydrogen) atoms. The Balaban J connectivity index is 2.02. The summed E-state index contributed by atoms with van der Waals surface area (Å²) in [4.78, 5) is 12.7. The number of aliphatic hydroxyl groups is 1. The third-order valence-electron chi connectivity index (χ3n) is 4.57. The van der Waals surface area contributed by atoms with Crippen LogP contribution in [0.25, 0.3) is 0 Å². The molecule has 1 aliphatic heterocycles.